The minimum atomic E-state index is -0.654. The van der Waals surface area contributed by atoms with Crippen LogP contribution in [0.1, 0.15) is 194 Å². The highest BCUT2D eigenvalue weighted by Crippen LogP contribution is 2.14. The standard InChI is InChI=1S/C40H75NO3/c1-3-5-7-8-9-10-11-12-13-14-15-16-17-18-19-20-21-22-23-24-25-26-27-28-29-30-31-32-34-36-40(44)41-38(37-42)39(43)35-33-6-4-2/h11-12,14-15,17-18,38-39,42-43H,3-10,13,16,19-37H2,1-2H3,(H,41,44)/b12-11-,15-14-,18-17-. The molecule has 4 nitrogen and oxygen atoms in total. The van der Waals surface area contributed by atoms with Gasteiger partial charge in [-0.05, 0) is 51.4 Å². The lowest BCUT2D eigenvalue weighted by Gasteiger charge is -2.22. The van der Waals surface area contributed by atoms with Crippen LogP contribution in [0.25, 0.3) is 0 Å². The van der Waals surface area contributed by atoms with Crippen molar-refractivity contribution in [3.05, 3.63) is 36.5 Å². The Balaban J connectivity index is 3.38. The number of hydrogen-bond acceptors (Lipinski definition) is 3. The number of nitrogens with one attached hydrogen (secondary N) is 1. The largest absolute Gasteiger partial charge is 0.394 e. The van der Waals surface area contributed by atoms with E-state index in [4.69, 9.17) is 0 Å². The summed E-state index contributed by atoms with van der Waals surface area (Å²) >= 11 is 0. The molecule has 0 aromatic carbocycles. The Bertz CT molecular complexity index is 672. The normalized spacial score (nSPS) is 13.5. The van der Waals surface area contributed by atoms with Gasteiger partial charge in [0.25, 0.3) is 0 Å². The first-order chi connectivity index (χ1) is 21.7. The molecular weight excluding hydrogens is 542 g/mol. The monoisotopic (exact) mass is 618 g/mol. The third-order valence-electron chi connectivity index (χ3n) is 8.65. The van der Waals surface area contributed by atoms with Crippen molar-refractivity contribution in [2.75, 3.05) is 6.61 Å². The maximum atomic E-state index is 12.2. The van der Waals surface area contributed by atoms with Gasteiger partial charge in [0.1, 0.15) is 0 Å². The molecule has 0 rings (SSSR count). The maximum Gasteiger partial charge on any atom is 0.220 e. The Hall–Kier alpha value is -1.39. The Morgan fingerprint density at radius 3 is 1.39 bits per heavy atom. The third-order valence-corrected chi connectivity index (χ3v) is 8.65. The van der Waals surface area contributed by atoms with Gasteiger partial charge < -0.3 is 15.5 Å². The smallest absolute Gasteiger partial charge is 0.220 e. The molecule has 2 atom stereocenters. The highest BCUT2D eigenvalue weighted by molar-refractivity contribution is 5.76. The summed E-state index contributed by atoms with van der Waals surface area (Å²) in [4.78, 5) is 12.2. The molecule has 258 valence electrons. The Labute approximate surface area is 274 Å². The van der Waals surface area contributed by atoms with Crippen molar-refractivity contribution in [2.45, 2.75) is 206 Å². The quantitative estimate of drug-likeness (QED) is 0.0497. The fourth-order valence-corrected chi connectivity index (χ4v) is 5.66. The number of aliphatic hydroxyl groups excluding tert-OH is 2. The summed E-state index contributed by atoms with van der Waals surface area (Å²) in [5, 5.41) is 22.5. The van der Waals surface area contributed by atoms with E-state index in [1.54, 1.807) is 0 Å². The van der Waals surface area contributed by atoms with Crippen LogP contribution in [0.2, 0.25) is 0 Å². The molecule has 0 heterocycles. The van der Waals surface area contributed by atoms with E-state index in [1.165, 1.54) is 122 Å². The highest BCUT2D eigenvalue weighted by atomic mass is 16.3. The van der Waals surface area contributed by atoms with Crippen molar-refractivity contribution in [1.29, 1.82) is 0 Å². The van der Waals surface area contributed by atoms with Crippen LogP contribution < -0.4 is 5.32 Å². The van der Waals surface area contributed by atoms with Crippen molar-refractivity contribution in [1.82, 2.24) is 5.32 Å². The van der Waals surface area contributed by atoms with Crippen LogP contribution in [0, 0.1) is 0 Å². The van der Waals surface area contributed by atoms with Crippen LogP contribution in [0.4, 0.5) is 0 Å². The van der Waals surface area contributed by atoms with Gasteiger partial charge in [0.05, 0.1) is 18.8 Å². The molecule has 0 saturated carbocycles. The van der Waals surface area contributed by atoms with Gasteiger partial charge in [-0.25, -0.2) is 0 Å². The molecule has 0 bridgehead atoms. The molecule has 4 heteroatoms. The van der Waals surface area contributed by atoms with Crippen LogP contribution in [0.5, 0.6) is 0 Å². The third kappa shape index (κ3) is 32.0. The molecule has 0 aromatic rings. The van der Waals surface area contributed by atoms with Crippen molar-refractivity contribution >= 4 is 5.91 Å². The second-order valence-electron chi connectivity index (χ2n) is 13.0. The van der Waals surface area contributed by atoms with Gasteiger partial charge in [-0.3, -0.25) is 4.79 Å². The van der Waals surface area contributed by atoms with E-state index >= 15 is 0 Å². The van der Waals surface area contributed by atoms with E-state index < -0.39 is 12.1 Å². The molecule has 44 heavy (non-hydrogen) atoms. The van der Waals surface area contributed by atoms with Gasteiger partial charge in [-0.2, -0.15) is 0 Å². The van der Waals surface area contributed by atoms with Crippen molar-refractivity contribution in [3.63, 3.8) is 0 Å². The zero-order valence-electron chi connectivity index (χ0n) is 29.4. The zero-order chi connectivity index (χ0) is 32.2. The van der Waals surface area contributed by atoms with Crippen LogP contribution in [-0.2, 0) is 4.79 Å². The molecule has 0 aromatic heterocycles. The minimum absolute atomic E-state index is 0.0451. The first-order valence-electron chi connectivity index (χ1n) is 19.2. The van der Waals surface area contributed by atoms with Crippen LogP contribution in [-0.4, -0.2) is 34.9 Å². The number of unbranched alkanes of at least 4 members (excludes halogenated alkanes) is 21. The number of carbonyl (C=O) groups is 1. The predicted molar refractivity (Wildman–Crippen MR) is 193 cm³/mol. The van der Waals surface area contributed by atoms with Crippen LogP contribution >= 0.6 is 0 Å². The SMILES string of the molecule is CCCCCCC/C=C\C/C=C\C/C=C\CCCCCCCCCCCCCCCCC(=O)NC(CO)C(O)CCCCC. The fourth-order valence-electron chi connectivity index (χ4n) is 5.66. The lowest BCUT2D eigenvalue weighted by Crippen LogP contribution is -2.45. The molecule has 0 saturated heterocycles. The van der Waals surface area contributed by atoms with Gasteiger partial charge in [-0.1, -0.05) is 172 Å². The number of rotatable bonds is 34. The summed E-state index contributed by atoms with van der Waals surface area (Å²) in [6.45, 7) is 4.19. The first kappa shape index (κ1) is 42.6. The molecular formula is C40H75NO3. The molecule has 2 unspecified atom stereocenters. The van der Waals surface area contributed by atoms with E-state index in [9.17, 15) is 15.0 Å². The molecule has 0 aliphatic carbocycles. The molecule has 3 N–H and O–H groups in total. The van der Waals surface area contributed by atoms with E-state index in [1.807, 2.05) is 0 Å². The summed E-state index contributed by atoms with van der Waals surface area (Å²) in [5.74, 6) is -0.0451. The summed E-state index contributed by atoms with van der Waals surface area (Å²) < 4.78 is 0. The summed E-state index contributed by atoms with van der Waals surface area (Å²) in [7, 11) is 0. The average molecular weight is 618 g/mol. The number of hydrogen-bond donors (Lipinski definition) is 3. The number of aliphatic hydroxyl groups is 2. The van der Waals surface area contributed by atoms with E-state index in [2.05, 4.69) is 55.6 Å². The van der Waals surface area contributed by atoms with Gasteiger partial charge in [0.2, 0.25) is 5.91 Å². The lowest BCUT2D eigenvalue weighted by atomic mass is 10.0. The molecule has 0 aliphatic heterocycles. The molecule has 1 amide bonds. The lowest BCUT2D eigenvalue weighted by molar-refractivity contribution is -0.123. The van der Waals surface area contributed by atoms with Gasteiger partial charge in [0, 0.05) is 6.42 Å². The first-order valence-corrected chi connectivity index (χ1v) is 19.2. The number of allylic oxidation sites excluding steroid dienone is 6. The topological polar surface area (TPSA) is 69.6 Å². The predicted octanol–water partition coefficient (Wildman–Crippen LogP) is 11.5. The fraction of sp³-hybridized carbons (Fsp3) is 0.825. The molecule has 0 aliphatic rings. The van der Waals surface area contributed by atoms with Gasteiger partial charge >= 0.3 is 0 Å². The Kier molecular flexibility index (Phi) is 34.9. The zero-order valence-corrected chi connectivity index (χ0v) is 29.4. The minimum Gasteiger partial charge on any atom is -0.394 e. The van der Waals surface area contributed by atoms with Gasteiger partial charge in [-0.15, -0.1) is 0 Å². The molecule has 0 radical (unpaired) electrons. The summed E-state index contributed by atoms with van der Waals surface area (Å²) in [5.41, 5.74) is 0. The summed E-state index contributed by atoms with van der Waals surface area (Å²) in [6.07, 6.45) is 47.0. The van der Waals surface area contributed by atoms with E-state index in [0.29, 0.717) is 12.8 Å². The van der Waals surface area contributed by atoms with Crippen LogP contribution in [0.15, 0.2) is 36.5 Å². The van der Waals surface area contributed by atoms with Crippen LogP contribution in [0.3, 0.4) is 0 Å². The molecule has 0 spiro atoms. The second kappa shape index (κ2) is 36.1. The van der Waals surface area contributed by atoms with Crippen molar-refractivity contribution in [2.24, 2.45) is 0 Å². The van der Waals surface area contributed by atoms with Crippen molar-refractivity contribution < 1.29 is 15.0 Å². The number of amides is 1. The highest BCUT2D eigenvalue weighted by Gasteiger charge is 2.19. The Morgan fingerprint density at radius 1 is 0.545 bits per heavy atom. The van der Waals surface area contributed by atoms with E-state index in [-0.39, 0.29) is 12.5 Å². The maximum absolute atomic E-state index is 12.2. The second-order valence-corrected chi connectivity index (χ2v) is 13.0. The Morgan fingerprint density at radius 2 is 0.932 bits per heavy atom. The molecule has 0 fully saturated rings. The van der Waals surface area contributed by atoms with E-state index in [0.717, 1.165) is 44.9 Å². The average Bonchev–Trinajstić information content (AvgIpc) is 3.02. The summed E-state index contributed by atoms with van der Waals surface area (Å²) in [6, 6.07) is -0.531. The van der Waals surface area contributed by atoms with Crippen molar-refractivity contribution in [3.8, 4) is 0 Å². The van der Waals surface area contributed by atoms with Gasteiger partial charge in [0.15, 0.2) is 0 Å². The number of carbonyl (C=O) groups excluding carboxylic acids is 1.